The van der Waals surface area contributed by atoms with Gasteiger partial charge in [0.2, 0.25) is 0 Å². The predicted molar refractivity (Wildman–Crippen MR) is 62.8 cm³/mol. The van der Waals surface area contributed by atoms with Gasteiger partial charge in [-0.25, -0.2) is 14.5 Å². The van der Waals surface area contributed by atoms with E-state index < -0.39 is 5.97 Å². The molecule has 0 fully saturated rings. The van der Waals surface area contributed by atoms with E-state index in [1.54, 1.807) is 26.0 Å². The molecule has 1 N–H and O–H groups in total. The summed E-state index contributed by atoms with van der Waals surface area (Å²) in [4.78, 5) is 15.3. The number of aromatic nitrogens is 3. The van der Waals surface area contributed by atoms with Crippen molar-refractivity contribution in [1.82, 2.24) is 14.8 Å². The fraction of sp³-hybridized carbons (Fsp3) is 0.182. The van der Waals surface area contributed by atoms with Gasteiger partial charge in [0, 0.05) is 5.02 Å². The molecule has 2 aromatic rings. The average molecular weight is 252 g/mol. The zero-order valence-corrected chi connectivity index (χ0v) is 10.1. The van der Waals surface area contributed by atoms with Crippen molar-refractivity contribution < 1.29 is 9.90 Å². The van der Waals surface area contributed by atoms with Gasteiger partial charge in [-0.1, -0.05) is 11.6 Å². The summed E-state index contributed by atoms with van der Waals surface area (Å²) in [6.07, 6.45) is 0. The van der Waals surface area contributed by atoms with E-state index in [1.807, 2.05) is 0 Å². The molecule has 88 valence electrons. The molecular formula is C11H10ClN3O2. The van der Waals surface area contributed by atoms with Crippen LogP contribution in [0.3, 0.4) is 0 Å². The summed E-state index contributed by atoms with van der Waals surface area (Å²) < 4.78 is 1.50. The molecule has 1 aromatic carbocycles. The highest BCUT2D eigenvalue weighted by Crippen LogP contribution is 2.20. The summed E-state index contributed by atoms with van der Waals surface area (Å²) in [6.45, 7) is 3.51. The molecule has 0 saturated carbocycles. The van der Waals surface area contributed by atoms with Crippen LogP contribution in [0.1, 0.15) is 22.0 Å². The van der Waals surface area contributed by atoms with Crippen LogP contribution in [0, 0.1) is 13.8 Å². The van der Waals surface area contributed by atoms with Gasteiger partial charge in [-0.05, 0) is 32.0 Å². The second kappa shape index (κ2) is 4.18. The zero-order valence-electron chi connectivity index (χ0n) is 9.31. The van der Waals surface area contributed by atoms with Crippen molar-refractivity contribution in [2.45, 2.75) is 13.8 Å². The maximum absolute atomic E-state index is 11.1. The number of carbonyl (C=O) groups is 1. The number of aromatic carboxylic acids is 1. The van der Waals surface area contributed by atoms with Crippen LogP contribution in [0.25, 0.3) is 5.69 Å². The lowest BCUT2D eigenvalue weighted by molar-refractivity contribution is 0.0696. The Hall–Kier alpha value is -1.88. The van der Waals surface area contributed by atoms with E-state index in [9.17, 15) is 4.79 Å². The maximum Gasteiger partial charge on any atom is 0.337 e. The Balaban J connectivity index is 2.67. The Bertz CT molecular complexity index is 592. The normalized spacial score (nSPS) is 10.5. The number of benzene rings is 1. The summed E-state index contributed by atoms with van der Waals surface area (Å²) in [5, 5.41) is 13.7. The van der Waals surface area contributed by atoms with Gasteiger partial charge in [0.25, 0.3) is 0 Å². The Labute approximate surface area is 103 Å². The summed E-state index contributed by atoms with van der Waals surface area (Å²) >= 11 is 5.78. The van der Waals surface area contributed by atoms with Gasteiger partial charge in [-0.2, -0.15) is 5.10 Å². The highest BCUT2D eigenvalue weighted by molar-refractivity contribution is 6.31. The fourth-order valence-electron chi connectivity index (χ4n) is 1.61. The molecule has 0 radical (unpaired) electrons. The van der Waals surface area contributed by atoms with Crippen molar-refractivity contribution in [2.24, 2.45) is 0 Å². The first kappa shape index (κ1) is 11.6. The minimum Gasteiger partial charge on any atom is -0.478 e. The lowest BCUT2D eigenvalue weighted by atomic mass is 10.2. The molecule has 17 heavy (non-hydrogen) atoms. The molecule has 0 aliphatic heterocycles. The minimum atomic E-state index is -1.05. The van der Waals surface area contributed by atoms with E-state index in [-0.39, 0.29) is 5.56 Å². The summed E-state index contributed by atoms with van der Waals surface area (Å²) in [7, 11) is 0. The first-order valence-electron chi connectivity index (χ1n) is 4.92. The monoisotopic (exact) mass is 251 g/mol. The van der Waals surface area contributed by atoms with Crippen molar-refractivity contribution in [1.29, 1.82) is 0 Å². The van der Waals surface area contributed by atoms with E-state index >= 15 is 0 Å². The Morgan fingerprint density at radius 3 is 2.65 bits per heavy atom. The Kier molecular flexibility index (Phi) is 2.85. The van der Waals surface area contributed by atoms with Crippen LogP contribution in [-0.2, 0) is 0 Å². The molecule has 1 heterocycles. The smallest absolute Gasteiger partial charge is 0.337 e. The summed E-state index contributed by atoms with van der Waals surface area (Å²) in [5.41, 5.74) is 0.561. The number of hydrogen-bond acceptors (Lipinski definition) is 3. The number of carboxylic acid groups (broad SMARTS) is 1. The second-order valence-electron chi connectivity index (χ2n) is 3.58. The first-order valence-corrected chi connectivity index (χ1v) is 5.30. The molecule has 6 heteroatoms. The van der Waals surface area contributed by atoms with Gasteiger partial charge in [0.15, 0.2) is 0 Å². The van der Waals surface area contributed by atoms with E-state index in [1.165, 1.54) is 10.7 Å². The lowest BCUT2D eigenvalue weighted by Gasteiger charge is -2.07. The predicted octanol–water partition coefficient (Wildman–Crippen LogP) is 2.24. The molecule has 0 aliphatic rings. The number of aryl methyl sites for hydroxylation is 2. The molecule has 0 atom stereocenters. The standard InChI is InChI=1S/C11H10ClN3O2/c1-6-13-7(2)15(14-6)10-4-3-8(12)5-9(10)11(16)17/h3-5H,1-2H3,(H,16,17). The maximum atomic E-state index is 11.1. The highest BCUT2D eigenvalue weighted by atomic mass is 35.5. The summed E-state index contributed by atoms with van der Waals surface area (Å²) in [6, 6.07) is 4.64. The van der Waals surface area contributed by atoms with Crippen LogP contribution in [0.5, 0.6) is 0 Å². The van der Waals surface area contributed by atoms with Crippen LogP contribution in [0.15, 0.2) is 18.2 Å². The van der Waals surface area contributed by atoms with Crippen LogP contribution in [-0.4, -0.2) is 25.8 Å². The minimum absolute atomic E-state index is 0.102. The van der Waals surface area contributed by atoms with E-state index in [2.05, 4.69) is 10.1 Å². The van der Waals surface area contributed by atoms with E-state index in [4.69, 9.17) is 16.7 Å². The topological polar surface area (TPSA) is 68.0 Å². The average Bonchev–Trinajstić information content (AvgIpc) is 2.57. The first-order chi connectivity index (χ1) is 7.99. The third-order valence-corrected chi connectivity index (χ3v) is 2.53. The molecular weight excluding hydrogens is 242 g/mol. The fourth-order valence-corrected chi connectivity index (χ4v) is 1.79. The Morgan fingerprint density at radius 2 is 2.12 bits per heavy atom. The number of rotatable bonds is 2. The zero-order chi connectivity index (χ0) is 12.6. The van der Waals surface area contributed by atoms with Crippen LogP contribution in [0.2, 0.25) is 5.02 Å². The van der Waals surface area contributed by atoms with E-state index in [0.717, 1.165) is 0 Å². The molecule has 0 spiro atoms. The lowest BCUT2D eigenvalue weighted by Crippen LogP contribution is -2.08. The van der Waals surface area contributed by atoms with Crippen molar-refractivity contribution >= 4 is 17.6 Å². The van der Waals surface area contributed by atoms with Crippen molar-refractivity contribution in [2.75, 3.05) is 0 Å². The van der Waals surface area contributed by atoms with Gasteiger partial charge in [-0.15, -0.1) is 0 Å². The van der Waals surface area contributed by atoms with Gasteiger partial charge in [0.1, 0.15) is 11.6 Å². The van der Waals surface area contributed by atoms with Crippen LogP contribution >= 0.6 is 11.6 Å². The van der Waals surface area contributed by atoms with Crippen molar-refractivity contribution in [3.8, 4) is 5.69 Å². The molecule has 0 unspecified atom stereocenters. The molecule has 2 rings (SSSR count). The number of halogens is 1. The van der Waals surface area contributed by atoms with Crippen molar-refractivity contribution in [3.63, 3.8) is 0 Å². The molecule has 0 saturated heterocycles. The van der Waals surface area contributed by atoms with E-state index in [0.29, 0.717) is 22.4 Å². The Morgan fingerprint density at radius 1 is 1.41 bits per heavy atom. The SMILES string of the molecule is Cc1nc(C)n(-c2ccc(Cl)cc2C(=O)O)n1. The number of nitrogens with zero attached hydrogens (tertiary/aromatic N) is 3. The molecule has 5 nitrogen and oxygen atoms in total. The third-order valence-electron chi connectivity index (χ3n) is 2.29. The highest BCUT2D eigenvalue weighted by Gasteiger charge is 2.15. The molecule has 0 amide bonds. The van der Waals surface area contributed by atoms with Gasteiger partial charge in [0.05, 0.1) is 11.3 Å². The van der Waals surface area contributed by atoms with Gasteiger partial charge >= 0.3 is 5.97 Å². The van der Waals surface area contributed by atoms with Crippen LogP contribution < -0.4 is 0 Å². The van der Waals surface area contributed by atoms with Gasteiger partial charge in [-0.3, -0.25) is 0 Å². The molecule has 1 aromatic heterocycles. The summed E-state index contributed by atoms with van der Waals surface area (Å²) in [5.74, 6) is 0.177. The molecule has 0 bridgehead atoms. The quantitative estimate of drug-likeness (QED) is 0.889. The number of carboxylic acids is 1. The van der Waals surface area contributed by atoms with Gasteiger partial charge < -0.3 is 5.11 Å². The third kappa shape index (κ3) is 2.14. The van der Waals surface area contributed by atoms with Crippen molar-refractivity contribution in [3.05, 3.63) is 40.4 Å². The number of hydrogen-bond donors (Lipinski definition) is 1. The second-order valence-corrected chi connectivity index (χ2v) is 4.02. The largest absolute Gasteiger partial charge is 0.478 e. The van der Waals surface area contributed by atoms with Crippen LogP contribution in [0.4, 0.5) is 0 Å². The molecule has 0 aliphatic carbocycles.